The number of carbonyl (C=O) groups excluding carboxylic acids is 1. The maximum atomic E-state index is 12.7. The minimum atomic E-state index is -3.62. The van der Waals surface area contributed by atoms with Crippen LogP contribution in [0.1, 0.15) is 21.6 Å². The van der Waals surface area contributed by atoms with E-state index in [4.69, 9.17) is 0 Å². The third-order valence-corrected chi connectivity index (χ3v) is 6.29. The van der Waals surface area contributed by atoms with Gasteiger partial charge in [0.2, 0.25) is 9.84 Å². The van der Waals surface area contributed by atoms with E-state index in [1.807, 2.05) is 0 Å². The van der Waals surface area contributed by atoms with Crippen molar-refractivity contribution < 1.29 is 13.2 Å². The Morgan fingerprint density at radius 3 is 2.48 bits per heavy atom. The van der Waals surface area contributed by atoms with E-state index in [-0.39, 0.29) is 22.2 Å². The summed E-state index contributed by atoms with van der Waals surface area (Å²) in [6, 6.07) is 13.1. The van der Waals surface area contributed by atoms with Crippen LogP contribution in [0.25, 0.3) is 5.65 Å². The lowest BCUT2D eigenvalue weighted by Gasteiger charge is -2.08. The number of pyridine rings is 2. The van der Waals surface area contributed by atoms with Crippen LogP contribution in [0.2, 0.25) is 0 Å². The van der Waals surface area contributed by atoms with Gasteiger partial charge in [-0.15, -0.1) is 0 Å². The van der Waals surface area contributed by atoms with Crippen molar-refractivity contribution in [3.63, 3.8) is 0 Å². The van der Waals surface area contributed by atoms with Gasteiger partial charge in [0, 0.05) is 37.0 Å². The molecule has 0 fully saturated rings. The van der Waals surface area contributed by atoms with E-state index in [1.165, 1.54) is 18.3 Å². The summed E-state index contributed by atoms with van der Waals surface area (Å²) < 4.78 is 27.1. The van der Waals surface area contributed by atoms with Gasteiger partial charge in [-0.25, -0.2) is 13.4 Å². The largest absolute Gasteiger partial charge is 0.348 e. The van der Waals surface area contributed by atoms with Gasteiger partial charge in [0.05, 0.1) is 15.4 Å². The summed E-state index contributed by atoms with van der Waals surface area (Å²) in [6.07, 6.45) is 6.51. The van der Waals surface area contributed by atoms with Crippen LogP contribution in [0.5, 0.6) is 0 Å². The lowest BCUT2D eigenvalue weighted by atomic mass is 10.2. The predicted molar refractivity (Wildman–Crippen MR) is 107 cm³/mol. The zero-order chi connectivity index (χ0) is 20.4. The van der Waals surface area contributed by atoms with Crippen molar-refractivity contribution in [2.24, 2.45) is 0 Å². The highest BCUT2D eigenvalue weighted by molar-refractivity contribution is 7.91. The van der Waals surface area contributed by atoms with Crippen molar-refractivity contribution >= 4 is 21.4 Å². The molecule has 3 heterocycles. The molecular weight excluding hydrogens is 388 g/mol. The van der Waals surface area contributed by atoms with Crippen LogP contribution in [0.4, 0.5) is 0 Å². The van der Waals surface area contributed by atoms with Gasteiger partial charge < -0.3 is 9.72 Å². The third kappa shape index (κ3) is 3.88. The zero-order valence-electron chi connectivity index (χ0n) is 15.6. The molecule has 0 spiro atoms. The van der Waals surface area contributed by atoms with Crippen LogP contribution in [-0.4, -0.2) is 28.7 Å². The highest BCUT2D eigenvalue weighted by atomic mass is 32.2. The van der Waals surface area contributed by atoms with Gasteiger partial charge in [0.25, 0.3) is 5.91 Å². The van der Waals surface area contributed by atoms with Crippen molar-refractivity contribution in [2.75, 3.05) is 0 Å². The van der Waals surface area contributed by atoms with E-state index in [0.717, 1.165) is 16.9 Å². The smallest absolute Gasteiger partial charge is 0.253 e. The van der Waals surface area contributed by atoms with Crippen LogP contribution in [0.15, 0.2) is 83.1 Å². The van der Waals surface area contributed by atoms with Gasteiger partial charge in [0.15, 0.2) is 0 Å². The molecule has 1 N–H and O–H groups in total. The monoisotopic (exact) mass is 406 g/mol. The fourth-order valence-electron chi connectivity index (χ4n) is 2.87. The van der Waals surface area contributed by atoms with Gasteiger partial charge in [-0.2, -0.15) is 0 Å². The second-order valence-corrected chi connectivity index (χ2v) is 8.53. The number of imidazole rings is 1. The predicted octanol–water partition coefficient (Wildman–Crippen LogP) is 2.80. The molecular formula is C21H18N4O3S. The standard InChI is InChI=1S/C21H18N4O3S/c1-15-2-6-19(13-23-15)29(27,28)18-7-3-16(4-8-18)12-24-21(26)17-5-9-20-22-10-11-25(20)14-17/h2-11,13-14H,12H2,1H3,(H,24,26). The van der Waals surface area contributed by atoms with Gasteiger partial charge in [-0.1, -0.05) is 12.1 Å². The molecule has 0 atom stereocenters. The highest BCUT2D eigenvalue weighted by Crippen LogP contribution is 2.20. The maximum Gasteiger partial charge on any atom is 0.253 e. The molecule has 0 aliphatic rings. The number of carbonyl (C=O) groups is 1. The lowest BCUT2D eigenvalue weighted by Crippen LogP contribution is -2.23. The van der Waals surface area contributed by atoms with Crippen LogP contribution < -0.4 is 5.32 Å². The first-order valence-corrected chi connectivity index (χ1v) is 10.4. The van der Waals surface area contributed by atoms with Gasteiger partial charge >= 0.3 is 0 Å². The first kappa shape index (κ1) is 18.8. The average molecular weight is 406 g/mol. The number of aryl methyl sites for hydroxylation is 1. The summed E-state index contributed by atoms with van der Waals surface area (Å²) in [4.78, 5) is 20.9. The number of amides is 1. The van der Waals surface area contributed by atoms with Gasteiger partial charge in [-0.05, 0) is 48.9 Å². The van der Waals surface area contributed by atoms with Crippen molar-refractivity contribution in [1.82, 2.24) is 19.7 Å². The summed E-state index contributed by atoms with van der Waals surface area (Å²) >= 11 is 0. The fraction of sp³-hybridized carbons (Fsp3) is 0.0952. The molecule has 29 heavy (non-hydrogen) atoms. The topological polar surface area (TPSA) is 93.4 Å². The molecule has 7 nitrogen and oxygen atoms in total. The quantitative estimate of drug-likeness (QED) is 0.550. The molecule has 3 aromatic heterocycles. The molecule has 1 amide bonds. The minimum absolute atomic E-state index is 0.152. The number of nitrogens with one attached hydrogen (secondary N) is 1. The minimum Gasteiger partial charge on any atom is -0.348 e. The molecule has 0 saturated carbocycles. The SMILES string of the molecule is Cc1ccc(S(=O)(=O)c2ccc(CNC(=O)c3ccc4nccn4c3)cc2)cn1. The number of fused-ring (bicyclic) bond motifs is 1. The van der Waals surface area contributed by atoms with E-state index in [1.54, 1.807) is 66.3 Å². The van der Waals surface area contributed by atoms with E-state index < -0.39 is 9.84 Å². The number of benzene rings is 1. The number of nitrogens with zero attached hydrogens (tertiary/aromatic N) is 3. The molecule has 146 valence electrons. The molecule has 0 saturated heterocycles. The second-order valence-electron chi connectivity index (χ2n) is 6.58. The maximum absolute atomic E-state index is 12.7. The molecule has 0 unspecified atom stereocenters. The van der Waals surface area contributed by atoms with Crippen molar-refractivity contribution in [3.8, 4) is 0 Å². The lowest BCUT2D eigenvalue weighted by molar-refractivity contribution is 0.0950. The Balaban J connectivity index is 1.45. The summed E-state index contributed by atoms with van der Waals surface area (Å²) in [5, 5.41) is 2.84. The summed E-state index contributed by atoms with van der Waals surface area (Å²) in [6.45, 7) is 2.08. The van der Waals surface area contributed by atoms with Gasteiger partial charge in [-0.3, -0.25) is 9.78 Å². The van der Waals surface area contributed by atoms with Crippen molar-refractivity contribution in [2.45, 2.75) is 23.3 Å². The molecule has 4 aromatic rings. The Hall–Kier alpha value is -3.52. The Labute approximate surface area is 168 Å². The number of rotatable bonds is 5. The normalized spacial score (nSPS) is 11.5. The van der Waals surface area contributed by atoms with Crippen molar-refractivity contribution in [3.05, 3.63) is 90.1 Å². The molecule has 0 aliphatic carbocycles. The highest BCUT2D eigenvalue weighted by Gasteiger charge is 2.17. The van der Waals surface area contributed by atoms with E-state index in [9.17, 15) is 13.2 Å². The molecule has 8 heteroatoms. The van der Waals surface area contributed by atoms with Gasteiger partial charge in [0.1, 0.15) is 5.65 Å². The van der Waals surface area contributed by atoms with E-state index in [0.29, 0.717) is 5.56 Å². The number of hydrogen-bond acceptors (Lipinski definition) is 5. The Bertz CT molecular complexity index is 1280. The number of aromatic nitrogens is 3. The Kier molecular flexibility index (Phi) is 4.85. The number of hydrogen-bond donors (Lipinski definition) is 1. The summed E-state index contributed by atoms with van der Waals surface area (Å²) in [7, 11) is -3.62. The average Bonchev–Trinajstić information content (AvgIpc) is 3.20. The fourth-order valence-corrected chi connectivity index (χ4v) is 4.08. The molecule has 0 radical (unpaired) electrons. The third-order valence-electron chi connectivity index (χ3n) is 4.53. The van der Waals surface area contributed by atoms with Crippen LogP contribution in [0, 0.1) is 6.92 Å². The van der Waals surface area contributed by atoms with E-state index in [2.05, 4.69) is 15.3 Å². The second kappa shape index (κ2) is 7.48. The van der Waals surface area contributed by atoms with Crippen molar-refractivity contribution in [1.29, 1.82) is 0 Å². The summed E-state index contributed by atoms with van der Waals surface area (Å²) in [5.74, 6) is -0.219. The summed E-state index contributed by atoms with van der Waals surface area (Å²) in [5.41, 5.74) is 2.83. The first-order chi connectivity index (χ1) is 13.9. The Morgan fingerprint density at radius 2 is 1.76 bits per heavy atom. The first-order valence-electron chi connectivity index (χ1n) is 8.91. The molecule has 0 aliphatic heterocycles. The molecule has 1 aromatic carbocycles. The molecule has 0 bridgehead atoms. The molecule has 4 rings (SSSR count). The van der Waals surface area contributed by atoms with Crippen LogP contribution in [-0.2, 0) is 16.4 Å². The van der Waals surface area contributed by atoms with Crippen LogP contribution >= 0.6 is 0 Å². The number of sulfone groups is 1. The van der Waals surface area contributed by atoms with E-state index >= 15 is 0 Å². The Morgan fingerprint density at radius 1 is 1.00 bits per heavy atom. The van der Waals surface area contributed by atoms with Crippen LogP contribution in [0.3, 0.4) is 0 Å². The zero-order valence-corrected chi connectivity index (χ0v) is 16.4.